The molecule has 0 unspecified atom stereocenters. The first-order valence-corrected chi connectivity index (χ1v) is 8.91. The molecular formula is C21H18FN5O2. The van der Waals surface area contributed by atoms with Crippen LogP contribution in [0.1, 0.15) is 11.3 Å². The number of fused-ring (bicyclic) bond motifs is 1. The van der Waals surface area contributed by atoms with Crippen molar-refractivity contribution in [2.75, 3.05) is 10.6 Å². The van der Waals surface area contributed by atoms with E-state index in [9.17, 15) is 9.18 Å². The number of aromatic nitrogens is 3. The molecule has 0 saturated carbocycles. The van der Waals surface area contributed by atoms with Gasteiger partial charge in [0, 0.05) is 17.1 Å². The number of ether oxygens (including phenoxy) is 1. The first-order chi connectivity index (χ1) is 14.0. The second kappa shape index (κ2) is 7.59. The number of aryl methyl sites for hydroxylation is 2. The molecule has 4 aromatic rings. The monoisotopic (exact) mass is 391 g/mol. The van der Waals surface area contributed by atoms with Gasteiger partial charge < -0.3 is 20.4 Å². The Morgan fingerprint density at radius 3 is 2.24 bits per heavy atom. The number of nitrogens with one attached hydrogen (secondary N) is 3. The predicted octanol–water partition coefficient (Wildman–Crippen LogP) is 5.15. The molecule has 0 spiro atoms. The zero-order valence-corrected chi connectivity index (χ0v) is 15.8. The molecule has 29 heavy (non-hydrogen) atoms. The van der Waals surface area contributed by atoms with Crippen LogP contribution in [0.2, 0.25) is 0 Å². The summed E-state index contributed by atoms with van der Waals surface area (Å²) in [5.41, 5.74) is 3.84. The molecule has 0 aliphatic heterocycles. The molecule has 146 valence electrons. The first-order valence-electron chi connectivity index (χ1n) is 8.91. The summed E-state index contributed by atoms with van der Waals surface area (Å²) in [5, 5.41) is 6.18. The van der Waals surface area contributed by atoms with E-state index in [4.69, 9.17) is 4.74 Å². The molecule has 0 fully saturated rings. The van der Waals surface area contributed by atoms with Crippen LogP contribution in [0.4, 0.5) is 20.6 Å². The molecule has 0 saturated heterocycles. The number of carbonyl (C=O) groups excluding carboxylic acids is 1. The fourth-order valence-electron chi connectivity index (χ4n) is 2.88. The van der Waals surface area contributed by atoms with Crippen molar-refractivity contribution in [3.63, 3.8) is 0 Å². The third kappa shape index (κ3) is 4.01. The van der Waals surface area contributed by atoms with E-state index in [-0.39, 0.29) is 5.82 Å². The molecule has 0 bridgehead atoms. The molecule has 0 radical (unpaired) electrons. The number of rotatable bonds is 4. The number of aromatic amines is 1. The minimum absolute atomic E-state index is 0.363. The van der Waals surface area contributed by atoms with Gasteiger partial charge in [-0.1, -0.05) is 0 Å². The molecule has 0 aliphatic rings. The van der Waals surface area contributed by atoms with Gasteiger partial charge in [0.1, 0.15) is 23.5 Å². The summed E-state index contributed by atoms with van der Waals surface area (Å²) in [6.07, 6.45) is 1.45. The molecule has 8 heteroatoms. The fourth-order valence-corrected chi connectivity index (χ4v) is 2.88. The van der Waals surface area contributed by atoms with Crippen molar-refractivity contribution in [1.29, 1.82) is 0 Å². The van der Waals surface area contributed by atoms with E-state index >= 15 is 0 Å². The van der Waals surface area contributed by atoms with Gasteiger partial charge in [0.15, 0.2) is 0 Å². The Labute approximate surface area is 166 Å². The first kappa shape index (κ1) is 18.4. The van der Waals surface area contributed by atoms with Crippen LogP contribution >= 0.6 is 0 Å². The molecule has 4 rings (SSSR count). The lowest BCUT2D eigenvalue weighted by Gasteiger charge is -2.09. The number of benzene rings is 2. The van der Waals surface area contributed by atoms with E-state index in [1.807, 2.05) is 13.8 Å². The summed E-state index contributed by atoms with van der Waals surface area (Å²) < 4.78 is 18.8. The van der Waals surface area contributed by atoms with Crippen LogP contribution in [0.25, 0.3) is 11.0 Å². The maximum absolute atomic E-state index is 12.9. The normalized spacial score (nSPS) is 10.7. The van der Waals surface area contributed by atoms with E-state index < -0.39 is 6.03 Å². The summed E-state index contributed by atoms with van der Waals surface area (Å²) in [4.78, 5) is 23.7. The standard InChI is InChI=1S/C21H18FN5O2/c1-12-13(2)25-19-18(12)20(24-11-23-19)29-17-9-7-16(8-10-17)27-21(28)26-15-5-3-14(22)4-6-15/h3-11H,1-2H3,(H,23,24,25)(H2,26,27,28). The zero-order valence-electron chi connectivity index (χ0n) is 15.8. The Morgan fingerprint density at radius 2 is 1.59 bits per heavy atom. The third-order valence-corrected chi connectivity index (χ3v) is 4.48. The van der Waals surface area contributed by atoms with Crippen molar-refractivity contribution in [2.45, 2.75) is 13.8 Å². The van der Waals surface area contributed by atoms with Gasteiger partial charge >= 0.3 is 6.03 Å². The van der Waals surface area contributed by atoms with E-state index in [0.717, 1.165) is 22.3 Å². The van der Waals surface area contributed by atoms with Gasteiger partial charge in [0.2, 0.25) is 5.88 Å². The van der Waals surface area contributed by atoms with Crippen LogP contribution in [0.5, 0.6) is 11.6 Å². The van der Waals surface area contributed by atoms with Crippen molar-refractivity contribution >= 4 is 28.4 Å². The zero-order chi connectivity index (χ0) is 20.4. The number of amides is 2. The Kier molecular flexibility index (Phi) is 4.82. The average Bonchev–Trinajstić information content (AvgIpc) is 3.00. The smallest absolute Gasteiger partial charge is 0.323 e. The van der Waals surface area contributed by atoms with Gasteiger partial charge in [0.05, 0.1) is 5.39 Å². The number of anilines is 2. The predicted molar refractivity (Wildman–Crippen MR) is 109 cm³/mol. The SMILES string of the molecule is Cc1[nH]c2ncnc(Oc3ccc(NC(=O)Nc4ccc(F)cc4)cc3)c2c1C. The van der Waals surface area contributed by atoms with Gasteiger partial charge in [0.25, 0.3) is 0 Å². The number of halogens is 1. The summed E-state index contributed by atoms with van der Waals surface area (Å²) in [7, 11) is 0. The Balaban J connectivity index is 1.44. The van der Waals surface area contributed by atoms with Crippen molar-refractivity contribution in [1.82, 2.24) is 15.0 Å². The van der Waals surface area contributed by atoms with Crippen LogP contribution in [0.15, 0.2) is 54.9 Å². The van der Waals surface area contributed by atoms with Gasteiger partial charge in [-0.2, -0.15) is 0 Å². The van der Waals surface area contributed by atoms with E-state index in [1.165, 1.54) is 30.6 Å². The lowest BCUT2D eigenvalue weighted by atomic mass is 10.2. The average molecular weight is 391 g/mol. The van der Waals surface area contributed by atoms with Crippen molar-refractivity contribution in [3.05, 3.63) is 71.9 Å². The van der Waals surface area contributed by atoms with Crippen molar-refractivity contribution in [2.24, 2.45) is 0 Å². The molecular weight excluding hydrogens is 373 g/mol. The third-order valence-electron chi connectivity index (χ3n) is 4.48. The second-order valence-corrected chi connectivity index (χ2v) is 6.49. The van der Waals surface area contributed by atoms with Crippen molar-refractivity contribution < 1.29 is 13.9 Å². The molecule has 2 heterocycles. The lowest BCUT2D eigenvalue weighted by Crippen LogP contribution is -2.19. The number of hydrogen-bond donors (Lipinski definition) is 3. The topological polar surface area (TPSA) is 91.9 Å². The second-order valence-electron chi connectivity index (χ2n) is 6.49. The Hall–Kier alpha value is -3.94. The number of hydrogen-bond acceptors (Lipinski definition) is 4. The number of H-pyrrole nitrogens is 1. The van der Waals surface area contributed by atoms with Crippen LogP contribution in [0, 0.1) is 19.7 Å². The molecule has 0 atom stereocenters. The highest BCUT2D eigenvalue weighted by Gasteiger charge is 2.13. The van der Waals surface area contributed by atoms with Gasteiger partial charge in [-0.25, -0.2) is 19.2 Å². The van der Waals surface area contributed by atoms with Gasteiger partial charge in [-0.05, 0) is 67.9 Å². The molecule has 7 nitrogen and oxygen atoms in total. The minimum Gasteiger partial charge on any atom is -0.438 e. The van der Waals surface area contributed by atoms with Gasteiger partial charge in [-0.3, -0.25) is 0 Å². The Morgan fingerprint density at radius 1 is 0.966 bits per heavy atom. The van der Waals surface area contributed by atoms with Crippen LogP contribution in [-0.2, 0) is 0 Å². The largest absolute Gasteiger partial charge is 0.438 e. The van der Waals surface area contributed by atoms with E-state index in [0.29, 0.717) is 23.0 Å². The summed E-state index contributed by atoms with van der Waals surface area (Å²) in [5.74, 6) is 0.678. The van der Waals surface area contributed by atoms with Gasteiger partial charge in [-0.15, -0.1) is 0 Å². The maximum Gasteiger partial charge on any atom is 0.323 e. The summed E-state index contributed by atoms with van der Waals surface area (Å²) in [6.45, 7) is 3.95. The van der Waals surface area contributed by atoms with Crippen LogP contribution in [-0.4, -0.2) is 21.0 Å². The number of nitrogens with zero attached hydrogens (tertiary/aromatic N) is 2. The fraction of sp³-hybridized carbons (Fsp3) is 0.0952. The van der Waals surface area contributed by atoms with Crippen molar-refractivity contribution in [3.8, 4) is 11.6 Å². The molecule has 2 aromatic carbocycles. The molecule has 0 aliphatic carbocycles. The van der Waals surface area contributed by atoms with Crippen LogP contribution < -0.4 is 15.4 Å². The molecule has 2 amide bonds. The lowest BCUT2D eigenvalue weighted by molar-refractivity contribution is 0.262. The van der Waals surface area contributed by atoms with E-state index in [2.05, 4.69) is 25.6 Å². The highest BCUT2D eigenvalue weighted by molar-refractivity contribution is 5.99. The summed E-state index contributed by atoms with van der Waals surface area (Å²) in [6, 6.07) is 12.0. The maximum atomic E-state index is 12.9. The molecule has 2 aromatic heterocycles. The number of urea groups is 1. The highest BCUT2D eigenvalue weighted by atomic mass is 19.1. The number of carbonyl (C=O) groups is 1. The van der Waals surface area contributed by atoms with Crippen LogP contribution in [0.3, 0.4) is 0 Å². The highest BCUT2D eigenvalue weighted by Crippen LogP contribution is 2.30. The minimum atomic E-state index is -0.429. The summed E-state index contributed by atoms with van der Waals surface area (Å²) >= 11 is 0. The molecule has 3 N–H and O–H groups in total. The quantitative estimate of drug-likeness (QED) is 0.449. The Bertz CT molecular complexity index is 1170. The van der Waals surface area contributed by atoms with E-state index in [1.54, 1.807) is 24.3 Å².